The van der Waals surface area contributed by atoms with Crippen LogP contribution in [0.1, 0.15) is 39.0 Å². The van der Waals surface area contributed by atoms with Gasteiger partial charge in [0.2, 0.25) is 0 Å². The Kier molecular flexibility index (Phi) is 4.92. The Balaban J connectivity index is 2.37. The van der Waals surface area contributed by atoms with Gasteiger partial charge in [0.15, 0.2) is 0 Å². The average molecular weight is 196 g/mol. The van der Waals surface area contributed by atoms with Gasteiger partial charge in [-0.1, -0.05) is 12.8 Å². The lowest BCUT2D eigenvalue weighted by molar-refractivity contribution is 0.240. The standard InChI is InChI=1S/C11H20N2O/c1-9(6-7-14)13-11-5-3-2-4-10(11)8-12/h9-11,13-14H,2-7H2,1H3. The minimum Gasteiger partial charge on any atom is -0.396 e. The van der Waals surface area contributed by atoms with Gasteiger partial charge in [0.1, 0.15) is 0 Å². The minimum absolute atomic E-state index is 0.171. The zero-order chi connectivity index (χ0) is 10.4. The second kappa shape index (κ2) is 6.00. The molecular weight excluding hydrogens is 176 g/mol. The predicted molar refractivity (Wildman–Crippen MR) is 55.7 cm³/mol. The van der Waals surface area contributed by atoms with Gasteiger partial charge in [-0.05, 0) is 26.2 Å². The molecule has 0 heterocycles. The first-order valence-corrected chi connectivity index (χ1v) is 5.54. The summed E-state index contributed by atoms with van der Waals surface area (Å²) in [6, 6.07) is 3.04. The molecule has 1 saturated carbocycles. The van der Waals surface area contributed by atoms with Gasteiger partial charge in [-0.15, -0.1) is 0 Å². The molecular formula is C11H20N2O. The Morgan fingerprint density at radius 2 is 2.21 bits per heavy atom. The minimum atomic E-state index is 0.171. The van der Waals surface area contributed by atoms with Crippen LogP contribution in [0.4, 0.5) is 0 Å². The van der Waals surface area contributed by atoms with E-state index in [0.717, 1.165) is 19.3 Å². The first kappa shape index (κ1) is 11.5. The van der Waals surface area contributed by atoms with Crippen molar-refractivity contribution in [1.29, 1.82) is 5.26 Å². The molecule has 80 valence electrons. The van der Waals surface area contributed by atoms with Crippen molar-refractivity contribution in [2.75, 3.05) is 6.61 Å². The smallest absolute Gasteiger partial charge is 0.0672 e. The largest absolute Gasteiger partial charge is 0.396 e. The van der Waals surface area contributed by atoms with Crippen LogP contribution >= 0.6 is 0 Å². The van der Waals surface area contributed by atoms with Crippen LogP contribution < -0.4 is 5.32 Å². The lowest BCUT2D eigenvalue weighted by atomic mass is 9.85. The highest BCUT2D eigenvalue weighted by molar-refractivity contribution is 4.95. The molecule has 1 rings (SSSR count). The molecule has 0 spiro atoms. The third-order valence-electron chi connectivity index (χ3n) is 2.99. The number of aliphatic hydroxyl groups is 1. The second-order valence-electron chi connectivity index (χ2n) is 4.21. The third kappa shape index (κ3) is 3.28. The van der Waals surface area contributed by atoms with E-state index in [9.17, 15) is 0 Å². The lowest BCUT2D eigenvalue weighted by Gasteiger charge is -2.30. The summed E-state index contributed by atoms with van der Waals surface area (Å²) in [5, 5.41) is 21.2. The van der Waals surface area contributed by atoms with E-state index in [-0.39, 0.29) is 12.5 Å². The van der Waals surface area contributed by atoms with Crippen molar-refractivity contribution < 1.29 is 5.11 Å². The van der Waals surface area contributed by atoms with Crippen LogP contribution in [0.5, 0.6) is 0 Å². The maximum absolute atomic E-state index is 8.96. The van der Waals surface area contributed by atoms with Gasteiger partial charge in [-0.25, -0.2) is 0 Å². The first-order chi connectivity index (χ1) is 6.77. The van der Waals surface area contributed by atoms with Gasteiger partial charge in [0, 0.05) is 18.7 Å². The molecule has 1 aliphatic carbocycles. The number of hydrogen-bond donors (Lipinski definition) is 2. The SMILES string of the molecule is CC(CCO)NC1CCCCC1C#N. The van der Waals surface area contributed by atoms with Gasteiger partial charge >= 0.3 is 0 Å². The summed E-state index contributed by atoms with van der Waals surface area (Å²) in [7, 11) is 0. The average Bonchev–Trinajstić information content (AvgIpc) is 2.19. The molecule has 1 fully saturated rings. The van der Waals surface area contributed by atoms with E-state index in [1.54, 1.807) is 0 Å². The molecule has 14 heavy (non-hydrogen) atoms. The van der Waals surface area contributed by atoms with Crippen LogP contribution in [0.3, 0.4) is 0 Å². The molecule has 3 atom stereocenters. The van der Waals surface area contributed by atoms with Crippen molar-refractivity contribution in [1.82, 2.24) is 5.32 Å². The highest BCUT2D eigenvalue weighted by Gasteiger charge is 2.25. The van der Waals surface area contributed by atoms with E-state index < -0.39 is 0 Å². The van der Waals surface area contributed by atoms with Crippen LogP contribution in [-0.4, -0.2) is 23.8 Å². The molecule has 3 unspecified atom stereocenters. The van der Waals surface area contributed by atoms with Gasteiger partial charge in [0.05, 0.1) is 12.0 Å². The Labute approximate surface area is 86.1 Å². The van der Waals surface area contributed by atoms with Crippen LogP contribution in [0.25, 0.3) is 0 Å². The normalized spacial score (nSPS) is 29.5. The number of aliphatic hydroxyl groups excluding tert-OH is 1. The summed E-state index contributed by atoms with van der Waals surface area (Å²) < 4.78 is 0. The van der Waals surface area contributed by atoms with Crippen molar-refractivity contribution in [2.24, 2.45) is 5.92 Å². The van der Waals surface area contributed by atoms with E-state index in [2.05, 4.69) is 18.3 Å². The van der Waals surface area contributed by atoms with Crippen molar-refractivity contribution in [2.45, 2.75) is 51.1 Å². The number of rotatable bonds is 4. The van der Waals surface area contributed by atoms with E-state index in [4.69, 9.17) is 10.4 Å². The van der Waals surface area contributed by atoms with Gasteiger partial charge in [0.25, 0.3) is 0 Å². The zero-order valence-electron chi connectivity index (χ0n) is 8.87. The Morgan fingerprint density at radius 3 is 2.86 bits per heavy atom. The topological polar surface area (TPSA) is 56.0 Å². The first-order valence-electron chi connectivity index (χ1n) is 5.54. The van der Waals surface area contributed by atoms with Crippen LogP contribution in [0.2, 0.25) is 0 Å². The molecule has 0 radical (unpaired) electrons. The summed E-state index contributed by atoms with van der Waals surface area (Å²) in [6.07, 6.45) is 5.31. The van der Waals surface area contributed by atoms with Gasteiger partial charge < -0.3 is 10.4 Å². The van der Waals surface area contributed by atoms with Crippen molar-refractivity contribution in [3.63, 3.8) is 0 Å². The summed E-state index contributed by atoms with van der Waals surface area (Å²) in [6.45, 7) is 2.29. The summed E-state index contributed by atoms with van der Waals surface area (Å²) in [5.74, 6) is 0.171. The number of nitrogens with zero attached hydrogens (tertiary/aromatic N) is 1. The highest BCUT2D eigenvalue weighted by atomic mass is 16.3. The number of hydrogen-bond acceptors (Lipinski definition) is 3. The second-order valence-corrected chi connectivity index (χ2v) is 4.21. The van der Waals surface area contributed by atoms with Crippen molar-refractivity contribution >= 4 is 0 Å². The maximum atomic E-state index is 8.96. The molecule has 0 aliphatic heterocycles. The molecule has 3 nitrogen and oxygen atoms in total. The predicted octanol–water partition coefficient (Wildman–Crippen LogP) is 1.43. The molecule has 3 heteroatoms. The Morgan fingerprint density at radius 1 is 1.50 bits per heavy atom. The molecule has 0 aromatic carbocycles. The zero-order valence-corrected chi connectivity index (χ0v) is 8.87. The van der Waals surface area contributed by atoms with E-state index in [1.807, 2.05) is 0 Å². The molecule has 0 aromatic heterocycles. The number of nitriles is 1. The molecule has 0 aromatic rings. The fourth-order valence-electron chi connectivity index (χ4n) is 2.13. The van der Waals surface area contributed by atoms with E-state index >= 15 is 0 Å². The van der Waals surface area contributed by atoms with E-state index in [1.165, 1.54) is 12.8 Å². The Bertz CT molecular complexity index is 200. The Hall–Kier alpha value is -0.590. The van der Waals surface area contributed by atoms with Gasteiger partial charge in [-0.3, -0.25) is 0 Å². The van der Waals surface area contributed by atoms with Crippen molar-refractivity contribution in [3.05, 3.63) is 0 Å². The van der Waals surface area contributed by atoms with Crippen LogP contribution in [-0.2, 0) is 0 Å². The monoisotopic (exact) mass is 196 g/mol. The summed E-state index contributed by atoms with van der Waals surface area (Å²) in [4.78, 5) is 0. The van der Waals surface area contributed by atoms with Crippen LogP contribution in [0, 0.1) is 17.2 Å². The quantitative estimate of drug-likeness (QED) is 0.715. The molecule has 0 saturated heterocycles. The summed E-state index contributed by atoms with van der Waals surface area (Å²) >= 11 is 0. The maximum Gasteiger partial charge on any atom is 0.0672 e. The molecule has 1 aliphatic rings. The lowest BCUT2D eigenvalue weighted by Crippen LogP contribution is -2.43. The highest BCUT2D eigenvalue weighted by Crippen LogP contribution is 2.24. The van der Waals surface area contributed by atoms with Crippen molar-refractivity contribution in [3.8, 4) is 6.07 Å². The molecule has 2 N–H and O–H groups in total. The molecule has 0 bridgehead atoms. The summed E-state index contributed by atoms with van der Waals surface area (Å²) in [5.41, 5.74) is 0. The number of nitrogens with one attached hydrogen (secondary N) is 1. The van der Waals surface area contributed by atoms with Crippen LogP contribution in [0.15, 0.2) is 0 Å². The third-order valence-corrected chi connectivity index (χ3v) is 2.99. The fourth-order valence-corrected chi connectivity index (χ4v) is 2.13. The van der Waals surface area contributed by atoms with E-state index in [0.29, 0.717) is 12.1 Å². The fraction of sp³-hybridized carbons (Fsp3) is 0.909. The van der Waals surface area contributed by atoms with Gasteiger partial charge in [-0.2, -0.15) is 5.26 Å². The molecule has 0 amide bonds.